The molecule has 0 atom stereocenters. The standard InChI is InChI=1S/C21H23NO5/c1-26-19-14-17(9-11-18(19)23)10-12-21(25)27-15-20(24)22-13-5-8-16-6-3-2-4-7-16/h2-4,6-7,9-12,14,23H,5,8,13,15H2,1H3,(H,22,24)/b12-10+. The summed E-state index contributed by atoms with van der Waals surface area (Å²) in [6, 6.07) is 14.7. The van der Waals surface area contributed by atoms with Crippen molar-refractivity contribution in [3.8, 4) is 11.5 Å². The van der Waals surface area contributed by atoms with Gasteiger partial charge in [0, 0.05) is 12.6 Å². The summed E-state index contributed by atoms with van der Waals surface area (Å²) in [5.41, 5.74) is 1.88. The number of nitrogens with one attached hydrogen (secondary N) is 1. The van der Waals surface area contributed by atoms with Gasteiger partial charge in [-0.05, 0) is 42.2 Å². The quantitative estimate of drug-likeness (QED) is 0.403. The van der Waals surface area contributed by atoms with Gasteiger partial charge in [-0.25, -0.2) is 4.79 Å². The van der Waals surface area contributed by atoms with E-state index in [2.05, 4.69) is 5.32 Å². The minimum atomic E-state index is -0.624. The highest BCUT2D eigenvalue weighted by Crippen LogP contribution is 2.26. The summed E-state index contributed by atoms with van der Waals surface area (Å²) in [5, 5.41) is 12.2. The molecule has 2 aromatic carbocycles. The van der Waals surface area contributed by atoms with Crippen molar-refractivity contribution in [2.75, 3.05) is 20.3 Å². The minimum Gasteiger partial charge on any atom is -0.504 e. The van der Waals surface area contributed by atoms with Crippen LogP contribution in [-0.2, 0) is 20.7 Å². The van der Waals surface area contributed by atoms with Crippen molar-refractivity contribution in [1.29, 1.82) is 0 Å². The molecule has 2 rings (SSSR count). The molecule has 0 saturated heterocycles. The molecule has 0 saturated carbocycles. The number of carbonyl (C=O) groups excluding carboxylic acids is 2. The third kappa shape index (κ3) is 7.23. The topological polar surface area (TPSA) is 84.9 Å². The van der Waals surface area contributed by atoms with E-state index >= 15 is 0 Å². The second kappa shape index (κ2) is 10.7. The SMILES string of the molecule is COc1cc(/C=C/C(=O)OCC(=O)NCCCc2ccccc2)ccc1O. The van der Waals surface area contributed by atoms with Gasteiger partial charge in [0.15, 0.2) is 18.1 Å². The van der Waals surface area contributed by atoms with Gasteiger partial charge in [0.2, 0.25) is 0 Å². The van der Waals surface area contributed by atoms with Crippen molar-refractivity contribution in [1.82, 2.24) is 5.32 Å². The number of aromatic hydroxyl groups is 1. The first-order valence-corrected chi connectivity index (χ1v) is 8.61. The van der Waals surface area contributed by atoms with Crippen LogP contribution in [0.5, 0.6) is 11.5 Å². The molecule has 0 spiro atoms. The fourth-order valence-electron chi connectivity index (χ4n) is 2.36. The number of ether oxygens (including phenoxy) is 2. The number of rotatable bonds is 9. The van der Waals surface area contributed by atoms with E-state index < -0.39 is 5.97 Å². The predicted molar refractivity (Wildman–Crippen MR) is 102 cm³/mol. The molecule has 2 aromatic rings. The number of hydrogen-bond acceptors (Lipinski definition) is 5. The van der Waals surface area contributed by atoms with Crippen molar-refractivity contribution in [2.24, 2.45) is 0 Å². The van der Waals surface area contributed by atoms with Crippen LogP contribution in [0.1, 0.15) is 17.5 Å². The van der Waals surface area contributed by atoms with E-state index in [0.717, 1.165) is 12.8 Å². The van der Waals surface area contributed by atoms with Crippen LogP contribution < -0.4 is 10.1 Å². The van der Waals surface area contributed by atoms with E-state index in [0.29, 0.717) is 17.9 Å². The average Bonchev–Trinajstić information content (AvgIpc) is 2.69. The number of amides is 1. The van der Waals surface area contributed by atoms with Crippen LogP contribution in [0.15, 0.2) is 54.6 Å². The number of hydrogen-bond donors (Lipinski definition) is 2. The number of methoxy groups -OCH3 is 1. The molecule has 0 unspecified atom stereocenters. The number of carbonyl (C=O) groups is 2. The monoisotopic (exact) mass is 369 g/mol. The lowest BCUT2D eigenvalue weighted by atomic mass is 10.1. The molecule has 0 radical (unpaired) electrons. The van der Waals surface area contributed by atoms with Crippen LogP contribution in [0.2, 0.25) is 0 Å². The van der Waals surface area contributed by atoms with Crippen LogP contribution >= 0.6 is 0 Å². The third-order valence-electron chi connectivity index (χ3n) is 3.77. The molecule has 0 aliphatic rings. The van der Waals surface area contributed by atoms with Crippen molar-refractivity contribution in [2.45, 2.75) is 12.8 Å². The molecular weight excluding hydrogens is 346 g/mol. The summed E-state index contributed by atoms with van der Waals surface area (Å²) < 4.78 is 9.90. The second-order valence-electron chi connectivity index (χ2n) is 5.81. The van der Waals surface area contributed by atoms with E-state index in [1.165, 1.54) is 30.9 Å². The Morgan fingerprint density at radius 1 is 1.15 bits per heavy atom. The van der Waals surface area contributed by atoms with Crippen molar-refractivity contribution < 1.29 is 24.2 Å². The third-order valence-corrected chi connectivity index (χ3v) is 3.77. The molecule has 6 nitrogen and oxygen atoms in total. The zero-order valence-electron chi connectivity index (χ0n) is 15.2. The van der Waals surface area contributed by atoms with Crippen LogP contribution in [0.25, 0.3) is 6.08 Å². The van der Waals surface area contributed by atoms with Crippen molar-refractivity contribution in [3.05, 3.63) is 65.7 Å². The highest BCUT2D eigenvalue weighted by molar-refractivity contribution is 5.89. The smallest absolute Gasteiger partial charge is 0.331 e. The molecule has 0 fully saturated rings. The lowest BCUT2D eigenvalue weighted by Crippen LogP contribution is -2.29. The van der Waals surface area contributed by atoms with Gasteiger partial charge in [-0.3, -0.25) is 4.79 Å². The molecular formula is C21H23NO5. The van der Waals surface area contributed by atoms with Crippen LogP contribution in [0.4, 0.5) is 0 Å². The van der Waals surface area contributed by atoms with Gasteiger partial charge in [0.1, 0.15) is 0 Å². The zero-order valence-corrected chi connectivity index (χ0v) is 15.2. The van der Waals surface area contributed by atoms with Crippen LogP contribution in [-0.4, -0.2) is 37.2 Å². The Hall–Kier alpha value is -3.28. The summed E-state index contributed by atoms with van der Waals surface area (Å²) in [6.45, 7) is 0.196. The molecule has 1 amide bonds. The maximum absolute atomic E-state index is 11.7. The Morgan fingerprint density at radius 3 is 2.67 bits per heavy atom. The van der Waals surface area contributed by atoms with Crippen LogP contribution in [0.3, 0.4) is 0 Å². The van der Waals surface area contributed by atoms with Gasteiger partial charge in [-0.2, -0.15) is 0 Å². The number of benzene rings is 2. The highest BCUT2D eigenvalue weighted by atomic mass is 16.5. The largest absolute Gasteiger partial charge is 0.504 e. The highest BCUT2D eigenvalue weighted by Gasteiger charge is 2.05. The average molecular weight is 369 g/mol. The number of aryl methyl sites for hydroxylation is 1. The number of phenols is 1. The van der Waals surface area contributed by atoms with Crippen LogP contribution in [0, 0.1) is 0 Å². The van der Waals surface area contributed by atoms with E-state index in [4.69, 9.17) is 9.47 Å². The molecule has 0 heterocycles. The van der Waals surface area contributed by atoms with Gasteiger partial charge in [-0.1, -0.05) is 36.4 Å². The summed E-state index contributed by atoms with van der Waals surface area (Å²) in [7, 11) is 1.44. The fourth-order valence-corrected chi connectivity index (χ4v) is 2.36. The first-order valence-electron chi connectivity index (χ1n) is 8.61. The molecule has 0 aromatic heterocycles. The van der Waals surface area contributed by atoms with Crippen molar-refractivity contribution in [3.63, 3.8) is 0 Å². The zero-order chi connectivity index (χ0) is 19.5. The number of esters is 1. The summed E-state index contributed by atoms with van der Waals surface area (Å²) >= 11 is 0. The fraction of sp³-hybridized carbons (Fsp3) is 0.238. The molecule has 142 valence electrons. The lowest BCUT2D eigenvalue weighted by molar-refractivity contribution is -0.143. The first kappa shape index (κ1) is 20.0. The van der Waals surface area contributed by atoms with Gasteiger partial charge in [-0.15, -0.1) is 0 Å². The second-order valence-corrected chi connectivity index (χ2v) is 5.81. The van der Waals surface area contributed by atoms with Gasteiger partial charge in [0.25, 0.3) is 5.91 Å². The molecule has 0 aliphatic heterocycles. The first-order chi connectivity index (χ1) is 13.1. The maximum Gasteiger partial charge on any atom is 0.331 e. The summed E-state index contributed by atoms with van der Waals surface area (Å²) in [6.07, 6.45) is 4.42. The van der Waals surface area contributed by atoms with Gasteiger partial charge >= 0.3 is 5.97 Å². The normalized spacial score (nSPS) is 10.6. The van der Waals surface area contributed by atoms with E-state index in [1.807, 2.05) is 30.3 Å². The Morgan fingerprint density at radius 2 is 1.93 bits per heavy atom. The molecule has 0 bridgehead atoms. The number of phenolic OH excluding ortho intramolecular Hbond substituents is 1. The summed E-state index contributed by atoms with van der Waals surface area (Å²) in [5.74, 6) is -0.640. The maximum atomic E-state index is 11.7. The molecule has 27 heavy (non-hydrogen) atoms. The predicted octanol–water partition coefficient (Wildman–Crippen LogP) is 2.71. The molecule has 2 N–H and O–H groups in total. The van der Waals surface area contributed by atoms with E-state index in [-0.39, 0.29) is 18.3 Å². The molecule has 0 aliphatic carbocycles. The Balaban J connectivity index is 1.66. The Labute approximate surface area is 158 Å². The summed E-state index contributed by atoms with van der Waals surface area (Å²) in [4.78, 5) is 23.4. The lowest BCUT2D eigenvalue weighted by Gasteiger charge is -2.06. The molecule has 6 heteroatoms. The van der Waals surface area contributed by atoms with E-state index in [9.17, 15) is 14.7 Å². The van der Waals surface area contributed by atoms with Gasteiger partial charge < -0.3 is 19.9 Å². The Bertz CT molecular complexity index is 786. The minimum absolute atomic E-state index is 0.0150. The Kier molecular flexibility index (Phi) is 7.91. The van der Waals surface area contributed by atoms with E-state index in [1.54, 1.807) is 12.1 Å². The van der Waals surface area contributed by atoms with Crippen molar-refractivity contribution >= 4 is 18.0 Å². The van der Waals surface area contributed by atoms with Gasteiger partial charge in [0.05, 0.1) is 7.11 Å².